The van der Waals surface area contributed by atoms with Gasteiger partial charge in [0.05, 0.1) is 6.04 Å². The standard InChI is InChI=1S/C8H14N2S2/c1-3-7(10-9)8-6(2)11-4-5-12-8/h1,6-8,10H,4-5,9H2,2H3. The average molecular weight is 202 g/mol. The van der Waals surface area contributed by atoms with Crippen LogP contribution in [0.15, 0.2) is 0 Å². The maximum Gasteiger partial charge on any atom is 0.0943 e. The highest BCUT2D eigenvalue weighted by atomic mass is 32.2. The van der Waals surface area contributed by atoms with Crippen molar-refractivity contribution in [2.75, 3.05) is 11.5 Å². The van der Waals surface area contributed by atoms with Crippen LogP contribution in [0.1, 0.15) is 6.92 Å². The molecule has 3 atom stereocenters. The van der Waals surface area contributed by atoms with Crippen molar-refractivity contribution in [3.63, 3.8) is 0 Å². The fraction of sp³-hybridized carbons (Fsp3) is 0.750. The van der Waals surface area contributed by atoms with E-state index in [1.165, 1.54) is 11.5 Å². The van der Waals surface area contributed by atoms with Gasteiger partial charge in [-0.15, -0.1) is 6.42 Å². The van der Waals surface area contributed by atoms with Crippen LogP contribution in [0.5, 0.6) is 0 Å². The molecule has 0 aromatic heterocycles. The summed E-state index contributed by atoms with van der Waals surface area (Å²) >= 11 is 3.90. The molecule has 1 saturated heterocycles. The molecule has 4 heteroatoms. The average Bonchev–Trinajstić information content (AvgIpc) is 2.10. The Labute approximate surface area is 82.4 Å². The summed E-state index contributed by atoms with van der Waals surface area (Å²) in [5.74, 6) is 10.4. The Hall–Kier alpha value is 0.180. The Kier molecular flexibility index (Phi) is 4.30. The van der Waals surface area contributed by atoms with Gasteiger partial charge in [0.1, 0.15) is 0 Å². The Morgan fingerprint density at radius 3 is 2.75 bits per heavy atom. The molecule has 0 saturated carbocycles. The lowest BCUT2D eigenvalue weighted by Crippen LogP contribution is -2.46. The number of thioether (sulfide) groups is 2. The predicted octanol–water partition coefficient (Wildman–Crippen LogP) is 0.689. The molecule has 0 aromatic rings. The second-order valence-electron chi connectivity index (χ2n) is 2.72. The maximum atomic E-state index is 5.36. The summed E-state index contributed by atoms with van der Waals surface area (Å²) in [6, 6.07) is 0.0119. The van der Waals surface area contributed by atoms with Gasteiger partial charge >= 0.3 is 0 Å². The van der Waals surface area contributed by atoms with Gasteiger partial charge in [-0.3, -0.25) is 5.84 Å². The van der Waals surface area contributed by atoms with Gasteiger partial charge in [0.2, 0.25) is 0 Å². The van der Waals surface area contributed by atoms with Gasteiger partial charge in [-0.05, 0) is 0 Å². The zero-order chi connectivity index (χ0) is 8.97. The van der Waals surface area contributed by atoms with Crippen molar-refractivity contribution < 1.29 is 0 Å². The Morgan fingerprint density at radius 2 is 2.25 bits per heavy atom. The van der Waals surface area contributed by atoms with E-state index in [-0.39, 0.29) is 6.04 Å². The molecule has 1 heterocycles. The predicted molar refractivity (Wildman–Crippen MR) is 58.1 cm³/mol. The van der Waals surface area contributed by atoms with E-state index in [2.05, 4.69) is 18.3 Å². The fourth-order valence-corrected chi connectivity index (χ4v) is 4.11. The molecule has 0 aromatic carbocycles. The van der Waals surface area contributed by atoms with E-state index in [0.29, 0.717) is 10.5 Å². The molecule has 3 unspecified atom stereocenters. The highest BCUT2D eigenvalue weighted by Gasteiger charge is 2.28. The summed E-state index contributed by atoms with van der Waals surface area (Å²) in [6.45, 7) is 2.21. The van der Waals surface area contributed by atoms with Gasteiger partial charge in [-0.25, -0.2) is 5.43 Å². The number of rotatable bonds is 2. The molecule has 0 aliphatic carbocycles. The van der Waals surface area contributed by atoms with Crippen LogP contribution in [-0.2, 0) is 0 Å². The van der Waals surface area contributed by atoms with Crippen molar-refractivity contribution in [1.29, 1.82) is 0 Å². The molecule has 0 bridgehead atoms. The van der Waals surface area contributed by atoms with Gasteiger partial charge in [-0.1, -0.05) is 12.8 Å². The highest BCUT2D eigenvalue weighted by Crippen LogP contribution is 2.32. The van der Waals surface area contributed by atoms with Crippen molar-refractivity contribution >= 4 is 23.5 Å². The van der Waals surface area contributed by atoms with Crippen LogP contribution >= 0.6 is 23.5 Å². The molecule has 3 N–H and O–H groups in total. The van der Waals surface area contributed by atoms with E-state index in [1.54, 1.807) is 0 Å². The van der Waals surface area contributed by atoms with Crippen molar-refractivity contribution in [2.24, 2.45) is 5.84 Å². The monoisotopic (exact) mass is 202 g/mol. The lowest BCUT2D eigenvalue weighted by atomic mass is 10.2. The van der Waals surface area contributed by atoms with Gasteiger partial charge in [0.15, 0.2) is 0 Å². The molecule has 1 aliphatic rings. The number of nitrogens with two attached hydrogens (primary N) is 1. The molecule has 2 nitrogen and oxygen atoms in total. The van der Waals surface area contributed by atoms with Gasteiger partial charge in [0.25, 0.3) is 0 Å². The van der Waals surface area contributed by atoms with E-state index in [1.807, 2.05) is 23.5 Å². The number of terminal acetylenes is 1. The van der Waals surface area contributed by atoms with Crippen LogP contribution < -0.4 is 11.3 Å². The quantitative estimate of drug-likeness (QED) is 0.392. The molecular weight excluding hydrogens is 188 g/mol. The fourth-order valence-electron chi connectivity index (χ4n) is 1.25. The zero-order valence-corrected chi connectivity index (χ0v) is 8.75. The minimum absolute atomic E-state index is 0.0119. The first-order chi connectivity index (χ1) is 5.79. The largest absolute Gasteiger partial charge is 0.270 e. The van der Waals surface area contributed by atoms with E-state index < -0.39 is 0 Å². The van der Waals surface area contributed by atoms with Crippen LogP contribution in [0, 0.1) is 12.3 Å². The van der Waals surface area contributed by atoms with Crippen LogP contribution in [0.2, 0.25) is 0 Å². The summed E-state index contributed by atoms with van der Waals surface area (Å²) in [7, 11) is 0. The second-order valence-corrected chi connectivity index (χ2v) is 5.49. The van der Waals surface area contributed by atoms with E-state index >= 15 is 0 Å². The molecule has 68 valence electrons. The molecule has 1 fully saturated rings. The summed E-state index contributed by atoms with van der Waals surface area (Å²) in [4.78, 5) is 0. The number of hydrogen-bond acceptors (Lipinski definition) is 4. The van der Waals surface area contributed by atoms with Crippen molar-refractivity contribution in [3.8, 4) is 12.3 Å². The summed E-state index contributed by atoms with van der Waals surface area (Å²) < 4.78 is 0. The Balaban J connectivity index is 2.53. The van der Waals surface area contributed by atoms with E-state index in [4.69, 9.17) is 12.3 Å². The summed E-state index contributed by atoms with van der Waals surface area (Å²) in [6.07, 6.45) is 5.36. The van der Waals surface area contributed by atoms with Gasteiger partial charge < -0.3 is 0 Å². The topological polar surface area (TPSA) is 38.0 Å². The molecule has 0 radical (unpaired) electrons. The number of hydrazine groups is 1. The second kappa shape index (κ2) is 5.03. The van der Waals surface area contributed by atoms with Crippen LogP contribution in [0.4, 0.5) is 0 Å². The zero-order valence-electron chi connectivity index (χ0n) is 7.12. The number of nitrogens with one attached hydrogen (secondary N) is 1. The summed E-state index contributed by atoms with van der Waals surface area (Å²) in [5.41, 5.74) is 2.68. The van der Waals surface area contributed by atoms with Crippen LogP contribution in [0.25, 0.3) is 0 Å². The molecule has 0 amide bonds. The summed E-state index contributed by atoms with van der Waals surface area (Å²) in [5, 5.41) is 1.06. The lowest BCUT2D eigenvalue weighted by Gasteiger charge is -2.31. The highest BCUT2D eigenvalue weighted by molar-refractivity contribution is 8.07. The van der Waals surface area contributed by atoms with Crippen molar-refractivity contribution in [1.82, 2.24) is 5.43 Å². The third kappa shape index (κ3) is 2.33. The SMILES string of the molecule is C#CC(NN)C1SCCSC1C. The maximum absolute atomic E-state index is 5.36. The van der Waals surface area contributed by atoms with E-state index in [0.717, 1.165) is 0 Å². The first-order valence-electron chi connectivity index (χ1n) is 3.95. The molecule has 12 heavy (non-hydrogen) atoms. The minimum atomic E-state index is 0.0119. The molecule has 1 aliphatic heterocycles. The third-order valence-corrected chi connectivity index (χ3v) is 5.12. The first-order valence-corrected chi connectivity index (χ1v) is 6.04. The Morgan fingerprint density at radius 1 is 1.58 bits per heavy atom. The number of hydrogen-bond donors (Lipinski definition) is 2. The van der Waals surface area contributed by atoms with Gasteiger partial charge in [-0.2, -0.15) is 23.5 Å². The smallest absolute Gasteiger partial charge is 0.0943 e. The van der Waals surface area contributed by atoms with Crippen molar-refractivity contribution in [2.45, 2.75) is 23.5 Å². The van der Waals surface area contributed by atoms with Crippen LogP contribution in [-0.4, -0.2) is 28.0 Å². The molecular formula is C8H14N2S2. The minimum Gasteiger partial charge on any atom is -0.270 e. The van der Waals surface area contributed by atoms with Crippen molar-refractivity contribution in [3.05, 3.63) is 0 Å². The Bertz CT molecular complexity index is 178. The van der Waals surface area contributed by atoms with Crippen LogP contribution in [0.3, 0.4) is 0 Å². The molecule has 0 spiro atoms. The normalized spacial score (nSPS) is 32.4. The third-order valence-electron chi connectivity index (χ3n) is 1.92. The first kappa shape index (κ1) is 10.3. The van der Waals surface area contributed by atoms with E-state index in [9.17, 15) is 0 Å². The molecule has 1 rings (SSSR count). The lowest BCUT2D eigenvalue weighted by molar-refractivity contribution is 0.602. The van der Waals surface area contributed by atoms with Gasteiger partial charge in [0, 0.05) is 22.0 Å².